The molecular weight excluding hydrogens is 260 g/mol. The minimum absolute atomic E-state index is 0.523. The molecule has 0 bridgehead atoms. The Labute approximate surface area is 116 Å². The van der Waals surface area contributed by atoms with E-state index in [2.05, 4.69) is 9.38 Å². The molecule has 0 saturated carbocycles. The fourth-order valence-electron chi connectivity index (χ4n) is 2.19. The second-order valence-electron chi connectivity index (χ2n) is 4.34. The summed E-state index contributed by atoms with van der Waals surface area (Å²) in [5.74, 6) is 1.67. The molecular formula is C15H13ClN2O. The van der Waals surface area contributed by atoms with Gasteiger partial charge in [-0.2, -0.15) is 0 Å². The standard InChI is InChI=1S/C15H13ClN2O/c1-10-4-3-5-13-14(16)17-15(18(10)13)11-6-8-12(19-2)9-7-11/h3-9H,1-2H3. The first-order valence-electron chi connectivity index (χ1n) is 5.98. The number of halogens is 1. The zero-order valence-electron chi connectivity index (χ0n) is 10.7. The minimum Gasteiger partial charge on any atom is -0.497 e. The summed E-state index contributed by atoms with van der Waals surface area (Å²) in [7, 11) is 1.65. The van der Waals surface area contributed by atoms with Gasteiger partial charge in [-0.05, 0) is 43.3 Å². The van der Waals surface area contributed by atoms with Gasteiger partial charge in [0, 0.05) is 11.3 Å². The van der Waals surface area contributed by atoms with E-state index in [4.69, 9.17) is 16.3 Å². The van der Waals surface area contributed by atoms with Crippen molar-refractivity contribution in [3.63, 3.8) is 0 Å². The lowest BCUT2D eigenvalue weighted by atomic mass is 10.2. The first-order valence-corrected chi connectivity index (χ1v) is 6.36. The van der Waals surface area contributed by atoms with E-state index < -0.39 is 0 Å². The number of fused-ring (bicyclic) bond motifs is 1. The lowest BCUT2D eigenvalue weighted by molar-refractivity contribution is 0.415. The SMILES string of the molecule is COc1ccc(-c2nc(Cl)c3cccc(C)n23)cc1. The van der Waals surface area contributed by atoms with Crippen molar-refractivity contribution in [2.24, 2.45) is 0 Å². The molecule has 3 nitrogen and oxygen atoms in total. The van der Waals surface area contributed by atoms with Crippen molar-refractivity contribution in [1.82, 2.24) is 9.38 Å². The Morgan fingerprint density at radius 3 is 2.53 bits per heavy atom. The first-order chi connectivity index (χ1) is 9.20. The van der Waals surface area contributed by atoms with Crippen molar-refractivity contribution in [3.8, 4) is 17.1 Å². The maximum Gasteiger partial charge on any atom is 0.155 e. The van der Waals surface area contributed by atoms with E-state index >= 15 is 0 Å². The lowest BCUT2D eigenvalue weighted by Gasteiger charge is -2.05. The topological polar surface area (TPSA) is 26.5 Å². The highest BCUT2D eigenvalue weighted by Gasteiger charge is 2.12. The molecule has 0 fully saturated rings. The molecule has 0 aliphatic carbocycles. The molecule has 2 heterocycles. The summed E-state index contributed by atoms with van der Waals surface area (Å²) in [6.45, 7) is 2.04. The van der Waals surface area contributed by atoms with Crippen LogP contribution in [0.2, 0.25) is 5.15 Å². The second kappa shape index (κ2) is 4.59. The Hall–Kier alpha value is -2.00. The van der Waals surface area contributed by atoms with Gasteiger partial charge in [-0.3, -0.25) is 4.40 Å². The number of rotatable bonds is 2. The normalized spacial score (nSPS) is 10.9. The Kier molecular flexibility index (Phi) is 2.91. The summed E-state index contributed by atoms with van der Waals surface area (Å²) in [5.41, 5.74) is 3.03. The molecule has 0 unspecified atom stereocenters. The van der Waals surface area contributed by atoms with Crippen molar-refractivity contribution in [2.45, 2.75) is 6.92 Å². The maximum atomic E-state index is 6.20. The van der Waals surface area contributed by atoms with E-state index in [0.29, 0.717) is 5.15 Å². The largest absolute Gasteiger partial charge is 0.497 e. The molecule has 0 spiro atoms. The van der Waals surface area contributed by atoms with Gasteiger partial charge in [0.15, 0.2) is 5.15 Å². The molecule has 0 N–H and O–H groups in total. The van der Waals surface area contributed by atoms with Crippen LogP contribution in [0.5, 0.6) is 5.75 Å². The fourth-order valence-corrected chi connectivity index (χ4v) is 2.42. The van der Waals surface area contributed by atoms with Gasteiger partial charge in [0.2, 0.25) is 0 Å². The second-order valence-corrected chi connectivity index (χ2v) is 4.70. The van der Waals surface area contributed by atoms with E-state index in [1.807, 2.05) is 49.4 Å². The Bertz CT molecular complexity index is 732. The van der Waals surface area contributed by atoms with E-state index in [1.165, 1.54) is 0 Å². The highest BCUT2D eigenvalue weighted by atomic mass is 35.5. The van der Waals surface area contributed by atoms with Crippen molar-refractivity contribution < 1.29 is 4.74 Å². The lowest BCUT2D eigenvalue weighted by Crippen LogP contribution is -1.93. The number of ether oxygens (including phenoxy) is 1. The summed E-state index contributed by atoms with van der Waals surface area (Å²) in [6.07, 6.45) is 0. The van der Waals surface area contributed by atoms with Gasteiger partial charge in [-0.15, -0.1) is 0 Å². The summed E-state index contributed by atoms with van der Waals surface area (Å²) in [4.78, 5) is 4.46. The molecule has 19 heavy (non-hydrogen) atoms. The molecule has 3 rings (SSSR count). The van der Waals surface area contributed by atoms with Crippen LogP contribution in [0.4, 0.5) is 0 Å². The Morgan fingerprint density at radius 2 is 1.84 bits per heavy atom. The van der Waals surface area contributed by atoms with Crippen LogP contribution in [0.3, 0.4) is 0 Å². The van der Waals surface area contributed by atoms with Gasteiger partial charge in [0.05, 0.1) is 12.6 Å². The van der Waals surface area contributed by atoms with Gasteiger partial charge in [0.1, 0.15) is 11.6 Å². The molecule has 0 radical (unpaired) electrons. The Balaban J connectivity index is 2.24. The number of aromatic nitrogens is 2. The van der Waals surface area contributed by atoms with Crippen molar-refractivity contribution in [1.29, 1.82) is 0 Å². The number of aryl methyl sites for hydroxylation is 1. The average Bonchev–Trinajstić information content (AvgIpc) is 2.78. The smallest absolute Gasteiger partial charge is 0.155 e. The molecule has 0 atom stereocenters. The summed E-state index contributed by atoms with van der Waals surface area (Å²) in [5, 5.41) is 0.523. The monoisotopic (exact) mass is 272 g/mol. The van der Waals surface area contributed by atoms with Crippen LogP contribution in [-0.2, 0) is 0 Å². The van der Waals surface area contributed by atoms with Crippen LogP contribution in [0.25, 0.3) is 16.9 Å². The zero-order chi connectivity index (χ0) is 13.4. The van der Waals surface area contributed by atoms with E-state index in [1.54, 1.807) is 7.11 Å². The van der Waals surface area contributed by atoms with E-state index in [0.717, 1.165) is 28.3 Å². The molecule has 4 heteroatoms. The van der Waals surface area contributed by atoms with Crippen molar-refractivity contribution in [3.05, 3.63) is 53.3 Å². The molecule has 2 aromatic heterocycles. The number of nitrogens with zero attached hydrogens (tertiary/aromatic N) is 2. The predicted octanol–water partition coefficient (Wildman–Crippen LogP) is 3.97. The third kappa shape index (κ3) is 1.96. The molecule has 1 aromatic carbocycles. The highest BCUT2D eigenvalue weighted by molar-refractivity contribution is 6.32. The third-order valence-corrected chi connectivity index (χ3v) is 3.44. The molecule has 0 aliphatic rings. The van der Waals surface area contributed by atoms with Crippen LogP contribution < -0.4 is 4.74 Å². The van der Waals surface area contributed by atoms with Gasteiger partial charge < -0.3 is 4.74 Å². The molecule has 3 aromatic rings. The average molecular weight is 273 g/mol. The van der Waals surface area contributed by atoms with E-state index in [9.17, 15) is 0 Å². The number of benzene rings is 1. The van der Waals surface area contributed by atoms with Crippen LogP contribution >= 0.6 is 11.6 Å². The number of imidazole rings is 1. The fraction of sp³-hybridized carbons (Fsp3) is 0.133. The quantitative estimate of drug-likeness (QED) is 0.706. The predicted molar refractivity (Wildman–Crippen MR) is 76.9 cm³/mol. The molecule has 0 saturated heterocycles. The molecule has 0 amide bonds. The third-order valence-electron chi connectivity index (χ3n) is 3.16. The van der Waals surface area contributed by atoms with Crippen LogP contribution in [0.1, 0.15) is 5.69 Å². The summed E-state index contributed by atoms with van der Waals surface area (Å²) >= 11 is 6.20. The Morgan fingerprint density at radius 1 is 1.11 bits per heavy atom. The summed E-state index contributed by atoms with van der Waals surface area (Å²) < 4.78 is 7.23. The zero-order valence-corrected chi connectivity index (χ0v) is 11.5. The van der Waals surface area contributed by atoms with Gasteiger partial charge in [0.25, 0.3) is 0 Å². The first kappa shape index (κ1) is 12.1. The highest BCUT2D eigenvalue weighted by Crippen LogP contribution is 2.28. The van der Waals surface area contributed by atoms with Crippen LogP contribution in [0.15, 0.2) is 42.5 Å². The molecule has 96 valence electrons. The van der Waals surface area contributed by atoms with Gasteiger partial charge >= 0.3 is 0 Å². The van der Waals surface area contributed by atoms with Crippen LogP contribution in [0, 0.1) is 6.92 Å². The molecule has 0 aliphatic heterocycles. The number of hydrogen-bond acceptors (Lipinski definition) is 2. The van der Waals surface area contributed by atoms with E-state index in [-0.39, 0.29) is 0 Å². The number of hydrogen-bond donors (Lipinski definition) is 0. The van der Waals surface area contributed by atoms with Gasteiger partial charge in [-0.25, -0.2) is 4.98 Å². The van der Waals surface area contributed by atoms with Crippen molar-refractivity contribution in [2.75, 3.05) is 7.11 Å². The van der Waals surface area contributed by atoms with Gasteiger partial charge in [-0.1, -0.05) is 17.7 Å². The number of methoxy groups -OCH3 is 1. The van der Waals surface area contributed by atoms with Crippen LogP contribution in [-0.4, -0.2) is 16.5 Å². The summed E-state index contributed by atoms with van der Waals surface area (Å²) in [6, 6.07) is 13.8. The van der Waals surface area contributed by atoms with Crippen molar-refractivity contribution >= 4 is 17.1 Å². The number of pyridine rings is 1. The maximum absolute atomic E-state index is 6.20. The minimum atomic E-state index is 0.523.